The third-order valence-electron chi connectivity index (χ3n) is 6.57. The molecule has 0 unspecified atom stereocenters. The predicted molar refractivity (Wildman–Crippen MR) is 133 cm³/mol. The van der Waals surface area contributed by atoms with Gasteiger partial charge in [-0.1, -0.05) is 30.3 Å². The first-order valence-corrected chi connectivity index (χ1v) is 12.3. The molecular formula is C25H24N6O2S. The van der Waals surface area contributed by atoms with E-state index in [0.29, 0.717) is 32.6 Å². The van der Waals surface area contributed by atoms with Crippen molar-refractivity contribution in [2.24, 2.45) is 0 Å². The van der Waals surface area contributed by atoms with E-state index < -0.39 is 0 Å². The maximum absolute atomic E-state index is 13.1. The lowest BCUT2D eigenvalue weighted by molar-refractivity contribution is -0.131. The molecule has 34 heavy (non-hydrogen) atoms. The number of benzene rings is 2. The number of hydrogen-bond acceptors (Lipinski definition) is 6. The summed E-state index contributed by atoms with van der Waals surface area (Å²) in [6.45, 7) is 2.75. The Bertz CT molecular complexity index is 1340. The molecule has 2 aromatic heterocycles. The largest absolute Gasteiger partial charge is 0.358 e. The Hall–Kier alpha value is -3.72. The van der Waals surface area contributed by atoms with Crippen molar-refractivity contribution < 1.29 is 9.59 Å². The average molecular weight is 473 g/mol. The number of anilines is 2. The smallest absolute Gasteiger partial charge is 0.242 e. The molecule has 1 saturated heterocycles. The van der Waals surface area contributed by atoms with E-state index in [1.807, 2.05) is 58.9 Å². The van der Waals surface area contributed by atoms with Crippen LogP contribution >= 0.6 is 11.3 Å². The van der Waals surface area contributed by atoms with E-state index in [2.05, 4.69) is 14.9 Å². The standard InChI is InChI=1S/C25H24N6O2S/c32-21-10-9-17-5-1-4-8-20(17)31(21)15-22(33)29-11-13-30(14-12-29)25-23(26-16-34-25)24-27-18-6-2-3-7-19(18)28-24/h1-8,16H,9-15H2,(H,27,28). The maximum atomic E-state index is 13.1. The van der Waals surface area contributed by atoms with Gasteiger partial charge in [0.2, 0.25) is 11.8 Å². The van der Waals surface area contributed by atoms with Crippen LogP contribution in [0.1, 0.15) is 12.0 Å². The molecule has 2 amide bonds. The van der Waals surface area contributed by atoms with E-state index >= 15 is 0 Å². The molecule has 1 N–H and O–H groups in total. The maximum Gasteiger partial charge on any atom is 0.242 e. The number of nitrogens with zero attached hydrogens (tertiary/aromatic N) is 5. The number of nitrogens with one attached hydrogen (secondary N) is 1. The van der Waals surface area contributed by atoms with Crippen LogP contribution in [0.5, 0.6) is 0 Å². The summed E-state index contributed by atoms with van der Waals surface area (Å²) < 4.78 is 0. The molecule has 0 saturated carbocycles. The average Bonchev–Trinajstić information content (AvgIpc) is 3.53. The molecule has 0 atom stereocenters. The van der Waals surface area contributed by atoms with Crippen LogP contribution in [0.2, 0.25) is 0 Å². The zero-order valence-corrected chi connectivity index (χ0v) is 19.4. The van der Waals surface area contributed by atoms with Gasteiger partial charge in [-0.15, -0.1) is 11.3 Å². The topological polar surface area (TPSA) is 85.4 Å². The van der Waals surface area contributed by atoms with Crippen LogP contribution in [0.25, 0.3) is 22.6 Å². The second-order valence-corrected chi connectivity index (χ2v) is 9.42. The Morgan fingerprint density at radius 1 is 1.00 bits per heavy atom. The molecule has 2 aromatic carbocycles. The van der Waals surface area contributed by atoms with Crippen molar-refractivity contribution in [3.8, 4) is 11.5 Å². The van der Waals surface area contributed by atoms with Crippen molar-refractivity contribution in [2.45, 2.75) is 12.8 Å². The van der Waals surface area contributed by atoms with Crippen LogP contribution in [0.15, 0.2) is 54.0 Å². The van der Waals surface area contributed by atoms with Gasteiger partial charge in [-0.05, 0) is 30.2 Å². The zero-order valence-electron chi connectivity index (χ0n) is 18.6. The second kappa shape index (κ2) is 8.57. The third-order valence-corrected chi connectivity index (χ3v) is 7.45. The number of carbonyl (C=O) groups excluding carboxylic acids is 2. The molecule has 9 heteroatoms. The van der Waals surface area contributed by atoms with Gasteiger partial charge in [0.05, 0.1) is 16.5 Å². The fourth-order valence-corrected chi connectivity index (χ4v) is 5.61. The van der Waals surface area contributed by atoms with Crippen LogP contribution < -0.4 is 9.80 Å². The predicted octanol–water partition coefficient (Wildman–Crippen LogP) is 3.31. The number of carbonyl (C=O) groups is 2. The summed E-state index contributed by atoms with van der Waals surface area (Å²) in [6.07, 6.45) is 1.19. The van der Waals surface area contributed by atoms with Crippen LogP contribution in [-0.4, -0.2) is 64.4 Å². The number of aryl methyl sites for hydroxylation is 1. The molecule has 8 nitrogen and oxygen atoms in total. The highest BCUT2D eigenvalue weighted by Gasteiger charge is 2.30. The van der Waals surface area contributed by atoms with Crippen molar-refractivity contribution in [2.75, 3.05) is 42.5 Å². The number of thiazole rings is 1. The van der Waals surface area contributed by atoms with Crippen molar-refractivity contribution >= 4 is 44.9 Å². The lowest BCUT2D eigenvalue weighted by Gasteiger charge is -2.37. The number of para-hydroxylation sites is 3. The first kappa shape index (κ1) is 20.9. The van der Waals surface area contributed by atoms with Gasteiger partial charge in [-0.2, -0.15) is 0 Å². The van der Waals surface area contributed by atoms with Crippen molar-refractivity contribution in [1.82, 2.24) is 19.9 Å². The number of aromatic nitrogens is 3. The second-order valence-electron chi connectivity index (χ2n) is 8.59. The van der Waals surface area contributed by atoms with E-state index in [-0.39, 0.29) is 18.4 Å². The molecule has 4 heterocycles. The summed E-state index contributed by atoms with van der Waals surface area (Å²) in [4.78, 5) is 44.1. The highest BCUT2D eigenvalue weighted by Crippen LogP contribution is 2.34. The third kappa shape index (κ3) is 3.71. The van der Waals surface area contributed by atoms with Gasteiger partial charge in [-0.25, -0.2) is 9.97 Å². The minimum absolute atomic E-state index is 0.00786. The van der Waals surface area contributed by atoms with Gasteiger partial charge < -0.3 is 19.7 Å². The molecular weight excluding hydrogens is 448 g/mol. The summed E-state index contributed by atoms with van der Waals surface area (Å²) >= 11 is 1.59. The molecule has 2 aliphatic rings. The summed E-state index contributed by atoms with van der Waals surface area (Å²) in [5, 5.41) is 1.06. The lowest BCUT2D eigenvalue weighted by Crippen LogP contribution is -2.52. The van der Waals surface area contributed by atoms with Crippen molar-refractivity contribution in [3.05, 3.63) is 59.6 Å². The number of amides is 2. The monoisotopic (exact) mass is 472 g/mol. The minimum atomic E-state index is -0.00786. The number of H-pyrrole nitrogens is 1. The first-order chi connectivity index (χ1) is 16.7. The fraction of sp³-hybridized carbons (Fsp3) is 0.280. The zero-order chi connectivity index (χ0) is 23.1. The van der Waals surface area contributed by atoms with E-state index in [1.54, 1.807) is 16.2 Å². The summed E-state index contributed by atoms with van der Waals surface area (Å²) in [5.41, 5.74) is 6.58. The summed E-state index contributed by atoms with van der Waals surface area (Å²) in [7, 11) is 0. The highest BCUT2D eigenvalue weighted by molar-refractivity contribution is 7.14. The summed E-state index contributed by atoms with van der Waals surface area (Å²) in [5.74, 6) is 0.774. The highest BCUT2D eigenvalue weighted by atomic mass is 32.1. The molecule has 0 bridgehead atoms. The van der Waals surface area contributed by atoms with Crippen LogP contribution in [0.3, 0.4) is 0 Å². The number of aromatic amines is 1. The Morgan fingerprint density at radius 3 is 2.65 bits per heavy atom. The van der Waals surface area contributed by atoms with Gasteiger partial charge in [0, 0.05) is 38.3 Å². The molecule has 172 valence electrons. The number of fused-ring (bicyclic) bond motifs is 2. The molecule has 4 aromatic rings. The van der Waals surface area contributed by atoms with Crippen molar-refractivity contribution in [3.63, 3.8) is 0 Å². The Kier molecular flexibility index (Phi) is 5.26. The van der Waals surface area contributed by atoms with Gasteiger partial charge in [0.25, 0.3) is 0 Å². The van der Waals surface area contributed by atoms with Gasteiger partial charge in [0.15, 0.2) is 5.82 Å². The molecule has 0 spiro atoms. The van der Waals surface area contributed by atoms with E-state index in [4.69, 9.17) is 4.98 Å². The van der Waals surface area contributed by atoms with Gasteiger partial charge in [-0.3, -0.25) is 9.59 Å². The van der Waals surface area contributed by atoms with Crippen LogP contribution in [0.4, 0.5) is 10.7 Å². The summed E-state index contributed by atoms with van der Waals surface area (Å²) in [6, 6.07) is 15.8. The van der Waals surface area contributed by atoms with Gasteiger partial charge in [0.1, 0.15) is 17.2 Å². The minimum Gasteiger partial charge on any atom is -0.358 e. The molecule has 6 rings (SSSR count). The first-order valence-electron chi connectivity index (χ1n) is 11.5. The Balaban J connectivity index is 1.14. The van der Waals surface area contributed by atoms with Crippen LogP contribution in [0, 0.1) is 0 Å². The molecule has 0 aliphatic carbocycles. The lowest BCUT2D eigenvalue weighted by atomic mass is 10.0. The van der Waals surface area contributed by atoms with Crippen LogP contribution in [-0.2, 0) is 16.0 Å². The molecule has 2 aliphatic heterocycles. The SMILES string of the molecule is O=C(CN1C(=O)CCc2ccccc21)N1CCN(c2scnc2-c2nc3ccccc3[nH]2)CC1. The number of hydrogen-bond donors (Lipinski definition) is 1. The number of rotatable bonds is 4. The Labute approximate surface area is 200 Å². The molecule has 0 radical (unpaired) electrons. The van der Waals surface area contributed by atoms with E-state index in [1.165, 1.54) is 0 Å². The quantitative estimate of drug-likeness (QED) is 0.493. The van der Waals surface area contributed by atoms with E-state index in [0.717, 1.165) is 45.2 Å². The van der Waals surface area contributed by atoms with Crippen molar-refractivity contribution in [1.29, 1.82) is 0 Å². The van der Waals surface area contributed by atoms with Gasteiger partial charge >= 0.3 is 0 Å². The Morgan fingerprint density at radius 2 is 1.79 bits per heavy atom. The normalized spacial score (nSPS) is 16.2. The van der Waals surface area contributed by atoms with E-state index in [9.17, 15) is 9.59 Å². The number of imidazole rings is 1. The fourth-order valence-electron chi connectivity index (χ4n) is 4.76. The number of piperazine rings is 1. The molecule has 1 fully saturated rings.